The van der Waals surface area contributed by atoms with Crippen molar-refractivity contribution >= 4 is 17.2 Å². The Morgan fingerprint density at radius 1 is 1.27 bits per heavy atom. The van der Waals surface area contributed by atoms with Gasteiger partial charge < -0.3 is 4.90 Å². The van der Waals surface area contributed by atoms with E-state index in [-0.39, 0.29) is 5.91 Å². The van der Waals surface area contributed by atoms with Crippen LogP contribution in [0.25, 0.3) is 0 Å². The molecular weight excluding hydrogens is 294 g/mol. The lowest BCUT2D eigenvalue weighted by Crippen LogP contribution is -2.52. The SMILES string of the molecule is N#CC1(C(=O)N2CCN(CCc3cccs3)CC2)CCCC1. The maximum absolute atomic E-state index is 12.7. The zero-order valence-corrected chi connectivity index (χ0v) is 13.8. The van der Waals surface area contributed by atoms with Crippen molar-refractivity contribution in [2.75, 3.05) is 32.7 Å². The van der Waals surface area contributed by atoms with Gasteiger partial charge in [0.25, 0.3) is 0 Å². The number of rotatable bonds is 4. The molecule has 1 amide bonds. The van der Waals surface area contributed by atoms with E-state index in [9.17, 15) is 10.1 Å². The van der Waals surface area contributed by atoms with E-state index in [2.05, 4.69) is 28.5 Å². The molecule has 118 valence electrons. The summed E-state index contributed by atoms with van der Waals surface area (Å²) in [5.74, 6) is 0.0883. The highest BCUT2D eigenvalue weighted by Crippen LogP contribution is 2.39. The van der Waals surface area contributed by atoms with Crippen LogP contribution in [0.3, 0.4) is 0 Å². The fourth-order valence-corrected chi connectivity index (χ4v) is 4.25. The van der Waals surface area contributed by atoms with Gasteiger partial charge in [0.05, 0.1) is 6.07 Å². The van der Waals surface area contributed by atoms with Crippen molar-refractivity contribution in [3.63, 3.8) is 0 Å². The molecule has 0 bridgehead atoms. The summed E-state index contributed by atoms with van der Waals surface area (Å²) in [5, 5.41) is 11.6. The Kier molecular flexibility index (Phi) is 4.80. The first-order valence-corrected chi connectivity index (χ1v) is 9.07. The van der Waals surface area contributed by atoms with Gasteiger partial charge in [-0.25, -0.2) is 0 Å². The zero-order chi connectivity index (χ0) is 15.4. The van der Waals surface area contributed by atoms with E-state index in [1.54, 1.807) is 0 Å². The Bertz CT molecular complexity index is 535. The molecule has 3 rings (SSSR count). The van der Waals surface area contributed by atoms with Crippen molar-refractivity contribution in [1.29, 1.82) is 5.26 Å². The highest BCUT2D eigenvalue weighted by Gasteiger charge is 2.44. The Labute approximate surface area is 136 Å². The second-order valence-electron chi connectivity index (χ2n) is 6.36. The lowest BCUT2D eigenvalue weighted by Gasteiger charge is -2.37. The maximum atomic E-state index is 12.7. The molecular formula is C17H23N3OS. The number of carbonyl (C=O) groups is 1. The minimum absolute atomic E-state index is 0.0883. The molecule has 1 saturated carbocycles. The van der Waals surface area contributed by atoms with E-state index in [1.165, 1.54) is 4.88 Å². The van der Waals surface area contributed by atoms with Crippen LogP contribution in [0.2, 0.25) is 0 Å². The van der Waals surface area contributed by atoms with Crippen LogP contribution in [0.5, 0.6) is 0 Å². The Morgan fingerprint density at radius 3 is 2.59 bits per heavy atom. The maximum Gasteiger partial charge on any atom is 0.243 e. The summed E-state index contributed by atoms with van der Waals surface area (Å²) < 4.78 is 0. The molecule has 2 heterocycles. The molecule has 1 aliphatic carbocycles. The Hall–Kier alpha value is -1.38. The van der Waals surface area contributed by atoms with Crippen LogP contribution in [0.15, 0.2) is 17.5 Å². The molecule has 22 heavy (non-hydrogen) atoms. The van der Waals surface area contributed by atoms with Crippen LogP contribution in [-0.4, -0.2) is 48.4 Å². The lowest BCUT2D eigenvalue weighted by molar-refractivity contribution is -0.140. The van der Waals surface area contributed by atoms with Crippen molar-refractivity contribution in [3.05, 3.63) is 22.4 Å². The summed E-state index contributed by atoms with van der Waals surface area (Å²) in [6, 6.07) is 6.60. The van der Waals surface area contributed by atoms with Gasteiger partial charge in [0.15, 0.2) is 0 Å². The molecule has 0 aromatic carbocycles. The smallest absolute Gasteiger partial charge is 0.243 e. The molecule has 1 saturated heterocycles. The minimum atomic E-state index is -0.709. The van der Waals surface area contributed by atoms with Gasteiger partial charge in [0, 0.05) is 37.6 Å². The standard InChI is InChI=1S/C17H23N3OS/c18-14-17(6-1-2-7-17)16(21)20-11-9-19(10-12-20)8-5-15-4-3-13-22-15/h3-4,13H,1-2,5-12H2. The third-order valence-corrected chi connectivity index (χ3v) is 5.93. The molecule has 1 aromatic rings. The normalized spacial score (nSPS) is 21.7. The van der Waals surface area contributed by atoms with Gasteiger partial charge >= 0.3 is 0 Å². The number of nitriles is 1. The van der Waals surface area contributed by atoms with Gasteiger partial charge in [-0.1, -0.05) is 18.9 Å². The van der Waals surface area contributed by atoms with E-state index in [0.29, 0.717) is 0 Å². The Morgan fingerprint density at radius 2 is 2.00 bits per heavy atom. The summed E-state index contributed by atoms with van der Waals surface area (Å²) in [5.41, 5.74) is -0.709. The average Bonchev–Trinajstić information content (AvgIpc) is 3.25. The Balaban J connectivity index is 1.49. The van der Waals surface area contributed by atoms with Crippen molar-refractivity contribution in [1.82, 2.24) is 9.80 Å². The van der Waals surface area contributed by atoms with Gasteiger partial charge in [-0.05, 0) is 30.7 Å². The number of hydrogen-bond donors (Lipinski definition) is 0. The van der Waals surface area contributed by atoms with Gasteiger partial charge in [-0.2, -0.15) is 5.26 Å². The molecule has 1 aromatic heterocycles. The topological polar surface area (TPSA) is 47.3 Å². The monoisotopic (exact) mass is 317 g/mol. The number of amides is 1. The van der Waals surface area contributed by atoms with Gasteiger partial charge in [-0.15, -0.1) is 11.3 Å². The van der Waals surface area contributed by atoms with Crippen LogP contribution >= 0.6 is 11.3 Å². The van der Waals surface area contributed by atoms with Crippen molar-refractivity contribution in [3.8, 4) is 6.07 Å². The van der Waals surface area contributed by atoms with Crippen LogP contribution in [0.1, 0.15) is 30.6 Å². The second-order valence-corrected chi connectivity index (χ2v) is 7.40. The summed E-state index contributed by atoms with van der Waals surface area (Å²) in [4.78, 5) is 18.5. The zero-order valence-electron chi connectivity index (χ0n) is 13.0. The number of nitrogens with zero attached hydrogens (tertiary/aromatic N) is 3. The van der Waals surface area contributed by atoms with Crippen molar-refractivity contribution in [2.24, 2.45) is 5.41 Å². The molecule has 0 spiro atoms. The molecule has 1 aliphatic heterocycles. The molecule has 5 heteroatoms. The van der Waals surface area contributed by atoms with Gasteiger partial charge in [0.2, 0.25) is 5.91 Å². The number of thiophene rings is 1. The predicted octanol–water partition coefficient (Wildman–Crippen LogP) is 2.52. The van der Waals surface area contributed by atoms with E-state index in [4.69, 9.17) is 0 Å². The third-order valence-electron chi connectivity index (χ3n) is 4.99. The predicted molar refractivity (Wildman–Crippen MR) is 87.6 cm³/mol. The first-order chi connectivity index (χ1) is 10.7. The van der Waals surface area contributed by atoms with Gasteiger partial charge in [0.1, 0.15) is 5.41 Å². The van der Waals surface area contributed by atoms with E-state index < -0.39 is 5.41 Å². The van der Waals surface area contributed by atoms with Crippen LogP contribution < -0.4 is 0 Å². The van der Waals surface area contributed by atoms with Crippen molar-refractivity contribution < 1.29 is 4.79 Å². The summed E-state index contributed by atoms with van der Waals surface area (Å²) in [6.07, 6.45) is 4.62. The molecule has 2 fully saturated rings. The van der Waals surface area contributed by atoms with E-state index >= 15 is 0 Å². The first kappa shape index (κ1) is 15.5. The third kappa shape index (κ3) is 3.18. The fraction of sp³-hybridized carbons (Fsp3) is 0.647. The first-order valence-electron chi connectivity index (χ1n) is 8.19. The quantitative estimate of drug-likeness (QED) is 0.857. The molecule has 0 atom stereocenters. The van der Waals surface area contributed by atoms with E-state index in [0.717, 1.165) is 64.8 Å². The lowest BCUT2D eigenvalue weighted by atomic mass is 9.86. The average molecular weight is 317 g/mol. The fourth-order valence-electron chi connectivity index (χ4n) is 3.55. The van der Waals surface area contributed by atoms with Crippen LogP contribution in [0.4, 0.5) is 0 Å². The molecule has 2 aliphatic rings. The van der Waals surface area contributed by atoms with Crippen molar-refractivity contribution in [2.45, 2.75) is 32.1 Å². The summed E-state index contributed by atoms with van der Waals surface area (Å²) in [7, 11) is 0. The molecule has 4 nitrogen and oxygen atoms in total. The van der Waals surface area contributed by atoms with Gasteiger partial charge in [-0.3, -0.25) is 9.69 Å². The highest BCUT2D eigenvalue weighted by atomic mass is 32.1. The highest BCUT2D eigenvalue weighted by molar-refractivity contribution is 7.09. The summed E-state index contributed by atoms with van der Waals surface area (Å²) >= 11 is 1.81. The number of hydrogen-bond acceptors (Lipinski definition) is 4. The minimum Gasteiger partial charge on any atom is -0.339 e. The van der Waals surface area contributed by atoms with E-state index in [1.807, 2.05) is 16.2 Å². The molecule has 0 unspecified atom stereocenters. The summed E-state index contributed by atoms with van der Waals surface area (Å²) in [6.45, 7) is 4.46. The molecule has 0 N–H and O–H groups in total. The number of piperazine rings is 1. The largest absolute Gasteiger partial charge is 0.339 e. The van der Waals surface area contributed by atoms with Crippen LogP contribution in [0, 0.1) is 16.7 Å². The van der Waals surface area contributed by atoms with Crippen LogP contribution in [-0.2, 0) is 11.2 Å². The second kappa shape index (κ2) is 6.80. The molecule has 0 radical (unpaired) electrons. The number of carbonyl (C=O) groups excluding carboxylic acids is 1.